The first kappa shape index (κ1) is 11.8. The molecule has 1 aliphatic carbocycles. The average Bonchev–Trinajstić information content (AvgIpc) is 2.04. The number of halogens is 1. The van der Waals surface area contributed by atoms with Crippen LogP contribution in [0.5, 0.6) is 0 Å². The highest BCUT2D eigenvalue weighted by Crippen LogP contribution is 2.38. The Morgan fingerprint density at radius 1 is 1.15 bits per heavy atom. The third-order valence-electron chi connectivity index (χ3n) is 3.01. The third-order valence-corrected chi connectivity index (χ3v) is 10.1. The first-order valence-electron chi connectivity index (χ1n) is 5.52. The molecule has 0 aliphatic heterocycles. The molecule has 0 N–H and O–H groups in total. The van der Waals surface area contributed by atoms with E-state index in [1.54, 1.807) is 0 Å². The lowest BCUT2D eigenvalue weighted by Gasteiger charge is -2.29. The summed E-state index contributed by atoms with van der Waals surface area (Å²) in [4.78, 5) is 0. The fourth-order valence-electron chi connectivity index (χ4n) is 1.95. The maximum absolute atomic E-state index is 3.94. The van der Waals surface area contributed by atoms with Gasteiger partial charge in [0.1, 0.15) is 7.42 Å². The van der Waals surface area contributed by atoms with Crippen molar-refractivity contribution in [2.75, 3.05) is 0 Å². The molecule has 13 heavy (non-hydrogen) atoms. The molecule has 0 unspecified atom stereocenters. The normalized spacial score (nSPS) is 21.0. The van der Waals surface area contributed by atoms with Gasteiger partial charge in [-0.2, -0.15) is 0 Å². The molecule has 2 heteroatoms. The molecule has 0 bridgehead atoms. The van der Waals surface area contributed by atoms with Gasteiger partial charge in [-0.1, -0.05) is 52.9 Å². The van der Waals surface area contributed by atoms with E-state index in [0.29, 0.717) is 5.04 Å². The quantitative estimate of drug-likeness (QED) is 0.497. The Kier molecular flexibility index (Phi) is 4.50. The largest absolute Gasteiger partial charge is 0.141 e. The van der Waals surface area contributed by atoms with Crippen LogP contribution in [0, 0.1) is 5.92 Å². The van der Waals surface area contributed by atoms with Gasteiger partial charge in [0, 0.05) is 0 Å². The predicted molar refractivity (Wildman–Crippen MR) is 65.8 cm³/mol. The zero-order valence-electron chi connectivity index (χ0n) is 9.20. The summed E-state index contributed by atoms with van der Waals surface area (Å²) in [6.45, 7) is 7.12. The van der Waals surface area contributed by atoms with Crippen LogP contribution < -0.4 is 0 Å². The maximum Gasteiger partial charge on any atom is 0.141 e. The van der Waals surface area contributed by atoms with Gasteiger partial charge in [-0.05, 0) is 17.0 Å². The van der Waals surface area contributed by atoms with Gasteiger partial charge < -0.3 is 0 Å². The second kappa shape index (κ2) is 4.97. The van der Waals surface area contributed by atoms with Crippen LogP contribution in [-0.2, 0) is 0 Å². The zero-order valence-corrected chi connectivity index (χ0v) is 11.8. The van der Waals surface area contributed by atoms with Crippen LogP contribution in [0.25, 0.3) is 0 Å². The molecule has 0 heterocycles. The summed E-state index contributed by atoms with van der Waals surface area (Å²) in [6.07, 6.45) is 7.44. The van der Waals surface area contributed by atoms with Crippen LogP contribution in [0.2, 0.25) is 11.1 Å². The minimum Gasteiger partial charge on any atom is -0.128 e. The number of rotatable bonds is 2. The molecule has 1 aliphatic rings. The molecule has 0 spiro atoms. The van der Waals surface area contributed by atoms with Crippen LogP contribution in [0.3, 0.4) is 0 Å². The van der Waals surface area contributed by atoms with Gasteiger partial charge in [-0.15, -0.1) is 15.3 Å². The molecule has 77 valence electrons. The smallest absolute Gasteiger partial charge is 0.128 e. The van der Waals surface area contributed by atoms with Gasteiger partial charge >= 0.3 is 0 Å². The Hall–Kier alpha value is 0.697. The lowest BCUT2D eigenvalue weighted by molar-refractivity contribution is 0.382. The minimum atomic E-state index is -0.292. The van der Waals surface area contributed by atoms with Gasteiger partial charge in [0.2, 0.25) is 0 Å². The van der Waals surface area contributed by atoms with E-state index in [1.807, 2.05) is 0 Å². The van der Waals surface area contributed by atoms with Crippen molar-refractivity contribution in [3.8, 4) is 0 Å². The molecular formula is C11H22BrSi. The highest BCUT2D eigenvalue weighted by Gasteiger charge is 2.27. The van der Waals surface area contributed by atoms with Crippen LogP contribution in [0.1, 0.15) is 52.9 Å². The second-order valence-corrected chi connectivity index (χ2v) is 11.0. The summed E-state index contributed by atoms with van der Waals surface area (Å²) < 4.78 is 0. The summed E-state index contributed by atoms with van der Waals surface area (Å²) in [6, 6.07) is 1.48. The molecule has 0 nitrogen and oxygen atoms in total. The van der Waals surface area contributed by atoms with Crippen molar-refractivity contribution in [2.24, 2.45) is 5.92 Å². The Morgan fingerprint density at radius 2 is 1.69 bits per heavy atom. The van der Waals surface area contributed by atoms with Crippen molar-refractivity contribution < 1.29 is 0 Å². The molecule has 1 saturated carbocycles. The van der Waals surface area contributed by atoms with E-state index in [0.717, 1.165) is 5.92 Å². The molecule has 1 fully saturated rings. The van der Waals surface area contributed by atoms with Crippen molar-refractivity contribution in [1.82, 2.24) is 0 Å². The van der Waals surface area contributed by atoms with Crippen LogP contribution in [0.4, 0.5) is 0 Å². The highest BCUT2D eigenvalue weighted by atomic mass is 79.9. The Labute approximate surface area is 92.7 Å². The van der Waals surface area contributed by atoms with E-state index in [1.165, 1.54) is 38.1 Å². The van der Waals surface area contributed by atoms with Gasteiger partial charge in [0.15, 0.2) is 0 Å². The van der Waals surface area contributed by atoms with E-state index < -0.39 is 0 Å². The molecule has 0 atom stereocenters. The van der Waals surface area contributed by atoms with Crippen molar-refractivity contribution >= 4 is 22.7 Å². The molecule has 0 amide bonds. The summed E-state index contributed by atoms with van der Waals surface area (Å²) >= 11 is 3.94. The summed E-state index contributed by atoms with van der Waals surface area (Å²) in [7, 11) is -0.292. The minimum absolute atomic E-state index is 0.292. The van der Waals surface area contributed by atoms with Crippen molar-refractivity contribution in [3.05, 3.63) is 0 Å². The molecule has 1 radical (unpaired) electrons. The SMILES string of the molecule is CC(C)(C)[Si](Br)CC1CCCCC1. The molecule has 0 saturated heterocycles. The topological polar surface area (TPSA) is 0 Å². The highest BCUT2D eigenvalue weighted by molar-refractivity contribution is 9.24. The van der Waals surface area contributed by atoms with E-state index >= 15 is 0 Å². The van der Waals surface area contributed by atoms with E-state index in [2.05, 4.69) is 36.1 Å². The van der Waals surface area contributed by atoms with Crippen LogP contribution in [0.15, 0.2) is 0 Å². The van der Waals surface area contributed by atoms with Gasteiger partial charge in [-0.3, -0.25) is 0 Å². The first-order chi connectivity index (χ1) is 6.00. The Bertz CT molecular complexity index is 145. The molecule has 0 aromatic heterocycles. The second-order valence-electron chi connectivity index (χ2n) is 5.36. The molecule has 0 aromatic rings. The summed E-state index contributed by atoms with van der Waals surface area (Å²) in [5.74, 6) is 1.04. The van der Waals surface area contributed by atoms with Crippen molar-refractivity contribution in [1.29, 1.82) is 0 Å². The molecular weight excluding hydrogens is 240 g/mol. The lowest BCUT2D eigenvalue weighted by atomic mass is 9.91. The van der Waals surface area contributed by atoms with E-state index in [9.17, 15) is 0 Å². The van der Waals surface area contributed by atoms with Crippen molar-refractivity contribution in [3.63, 3.8) is 0 Å². The Morgan fingerprint density at radius 3 is 2.15 bits per heavy atom. The first-order valence-corrected chi connectivity index (χ1v) is 9.48. The van der Waals surface area contributed by atoms with E-state index in [4.69, 9.17) is 0 Å². The lowest BCUT2D eigenvalue weighted by Crippen LogP contribution is -2.22. The summed E-state index contributed by atoms with van der Waals surface area (Å²) in [5, 5.41) is 0.530. The fraction of sp³-hybridized carbons (Fsp3) is 1.00. The monoisotopic (exact) mass is 261 g/mol. The molecule has 0 aromatic carbocycles. The number of hydrogen-bond acceptors (Lipinski definition) is 0. The van der Waals surface area contributed by atoms with E-state index in [-0.39, 0.29) is 7.42 Å². The van der Waals surface area contributed by atoms with Crippen LogP contribution >= 0.6 is 15.3 Å². The van der Waals surface area contributed by atoms with Gasteiger partial charge in [0.05, 0.1) is 0 Å². The van der Waals surface area contributed by atoms with Gasteiger partial charge in [-0.25, -0.2) is 0 Å². The fourth-order valence-corrected chi connectivity index (χ4v) is 4.85. The zero-order chi connectivity index (χ0) is 9.90. The van der Waals surface area contributed by atoms with Gasteiger partial charge in [0.25, 0.3) is 0 Å². The third kappa shape index (κ3) is 4.16. The van der Waals surface area contributed by atoms with Crippen molar-refractivity contribution in [2.45, 2.75) is 64.0 Å². The maximum atomic E-state index is 3.94. The average molecular weight is 262 g/mol. The summed E-state index contributed by atoms with van der Waals surface area (Å²) in [5.41, 5.74) is 0. The molecule has 1 rings (SSSR count). The standard InChI is InChI=1S/C11H22BrSi/c1-11(2,3)13(12)9-10-7-5-4-6-8-10/h10H,4-9H2,1-3H3. The predicted octanol–water partition coefficient (Wildman–Crippen LogP) is 4.75. The number of hydrogen-bond donors (Lipinski definition) is 0. The Balaban J connectivity index is 2.30. The van der Waals surface area contributed by atoms with Crippen LogP contribution in [-0.4, -0.2) is 7.42 Å².